The summed E-state index contributed by atoms with van der Waals surface area (Å²) in [7, 11) is 0. The Bertz CT molecular complexity index is 1380. The summed E-state index contributed by atoms with van der Waals surface area (Å²) >= 11 is 5.99. The van der Waals surface area contributed by atoms with Gasteiger partial charge < -0.3 is 9.73 Å². The molecule has 2 amide bonds. The van der Waals surface area contributed by atoms with E-state index in [1.54, 1.807) is 53.1 Å². The molecule has 0 aliphatic carbocycles. The van der Waals surface area contributed by atoms with Crippen molar-refractivity contribution in [3.8, 4) is 11.5 Å². The lowest BCUT2D eigenvalue weighted by Crippen LogP contribution is -2.64. The average molecular weight is 489 g/mol. The molecule has 1 N–H and O–H groups in total. The van der Waals surface area contributed by atoms with Crippen LogP contribution in [0.4, 0.5) is 5.69 Å². The molecule has 8 heteroatoms. The minimum atomic E-state index is -1.21. The molecule has 0 radical (unpaired) electrons. The Morgan fingerprint density at radius 1 is 1.14 bits per heavy atom. The fourth-order valence-corrected chi connectivity index (χ4v) is 4.63. The van der Waals surface area contributed by atoms with Crippen molar-refractivity contribution >= 4 is 29.1 Å². The molecule has 1 unspecified atom stereocenters. The highest BCUT2D eigenvalue weighted by atomic mass is 35.5. The number of fused-ring (bicyclic) bond motifs is 1. The summed E-state index contributed by atoms with van der Waals surface area (Å²) < 4.78 is 7.09. The molecule has 0 bridgehead atoms. The number of rotatable bonds is 6. The van der Waals surface area contributed by atoms with E-state index in [1.165, 1.54) is 0 Å². The number of para-hydroxylation sites is 1. The molecule has 0 spiro atoms. The van der Waals surface area contributed by atoms with Crippen LogP contribution in [0.1, 0.15) is 35.5 Å². The van der Waals surface area contributed by atoms with E-state index < -0.39 is 5.54 Å². The number of nitrogens with zero attached hydrogens (tertiary/aromatic N) is 3. The van der Waals surface area contributed by atoms with Gasteiger partial charge in [0, 0.05) is 23.3 Å². The van der Waals surface area contributed by atoms with Crippen molar-refractivity contribution in [1.29, 1.82) is 0 Å². The number of amides is 2. The number of hydrogen-bond donors (Lipinski definition) is 1. The van der Waals surface area contributed by atoms with Crippen LogP contribution in [-0.4, -0.2) is 27.1 Å². The van der Waals surface area contributed by atoms with E-state index in [1.807, 2.05) is 43.3 Å². The number of anilines is 1. The number of carbonyl (C=O) groups excluding carboxylic acids is 2. The third kappa shape index (κ3) is 4.12. The molecule has 0 saturated heterocycles. The van der Waals surface area contributed by atoms with Crippen LogP contribution in [0.25, 0.3) is 11.5 Å². The molecule has 0 saturated carbocycles. The van der Waals surface area contributed by atoms with Crippen molar-refractivity contribution in [2.75, 3.05) is 4.90 Å². The molecule has 35 heavy (non-hydrogen) atoms. The summed E-state index contributed by atoms with van der Waals surface area (Å²) in [5, 5.41) is 8.25. The molecule has 2 aromatic carbocycles. The number of halogens is 1. The zero-order valence-corrected chi connectivity index (χ0v) is 20.2. The standard InChI is InChI=1S/C27H25ClN4O3/c1-3-19-7-4-5-8-22(19)32-25(33)23-15-21(24-9-6-14-35-24)30-31(23)17-27(32,2)26(34)29-16-18-10-12-20(28)13-11-18/h4-15H,3,16-17H2,1-2H3,(H,29,34). The number of carbonyl (C=O) groups is 2. The van der Waals surface area contributed by atoms with Gasteiger partial charge in [-0.15, -0.1) is 0 Å². The van der Waals surface area contributed by atoms with Crippen molar-refractivity contribution in [1.82, 2.24) is 15.1 Å². The van der Waals surface area contributed by atoms with Crippen LogP contribution in [0.15, 0.2) is 77.4 Å². The molecule has 1 atom stereocenters. The first-order chi connectivity index (χ1) is 16.9. The molecular formula is C27H25ClN4O3. The lowest BCUT2D eigenvalue weighted by molar-refractivity contribution is -0.126. The summed E-state index contributed by atoms with van der Waals surface area (Å²) in [6, 6.07) is 20.3. The maximum atomic E-state index is 13.9. The normalized spacial score (nSPS) is 17.3. The molecule has 5 rings (SSSR count). The molecule has 0 fully saturated rings. The second-order valence-corrected chi connectivity index (χ2v) is 9.19. The quantitative estimate of drug-likeness (QED) is 0.409. The molecule has 1 aliphatic rings. The van der Waals surface area contributed by atoms with Gasteiger partial charge in [-0.05, 0) is 54.8 Å². The maximum absolute atomic E-state index is 13.9. The Labute approximate surface area is 208 Å². The van der Waals surface area contributed by atoms with Crippen LogP contribution in [0.3, 0.4) is 0 Å². The minimum absolute atomic E-state index is 0.194. The minimum Gasteiger partial charge on any atom is -0.463 e. The zero-order valence-electron chi connectivity index (χ0n) is 19.5. The number of hydrogen-bond acceptors (Lipinski definition) is 4. The SMILES string of the molecule is CCc1ccccc1N1C(=O)c2cc(-c3ccco3)nn2CC1(C)C(=O)NCc1ccc(Cl)cc1. The Kier molecular flexibility index (Phi) is 5.94. The van der Waals surface area contributed by atoms with E-state index in [0.29, 0.717) is 28.7 Å². The number of aromatic nitrogens is 2. The molecule has 3 heterocycles. The Hall–Kier alpha value is -3.84. The number of benzene rings is 2. The maximum Gasteiger partial charge on any atom is 0.277 e. The van der Waals surface area contributed by atoms with Gasteiger partial charge in [0.1, 0.15) is 16.9 Å². The first-order valence-electron chi connectivity index (χ1n) is 11.5. The van der Waals surface area contributed by atoms with Crippen LogP contribution in [0.5, 0.6) is 0 Å². The Balaban J connectivity index is 1.55. The van der Waals surface area contributed by atoms with Gasteiger partial charge >= 0.3 is 0 Å². The van der Waals surface area contributed by atoms with E-state index in [4.69, 9.17) is 16.0 Å². The molecule has 178 valence electrons. The topological polar surface area (TPSA) is 80.4 Å². The fraction of sp³-hybridized carbons (Fsp3) is 0.222. The third-order valence-electron chi connectivity index (χ3n) is 6.40. The number of aryl methyl sites for hydroxylation is 1. The van der Waals surface area contributed by atoms with Crippen molar-refractivity contribution in [3.05, 3.63) is 94.8 Å². The first-order valence-corrected chi connectivity index (χ1v) is 11.9. The van der Waals surface area contributed by atoms with E-state index >= 15 is 0 Å². The van der Waals surface area contributed by atoms with Gasteiger partial charge in [-0.2, -0.15) is 5.10 Å². The van der Waals surface area contributed by atoms with Gasteiger partial charge in [-0.1, -0.05) is 48.9 Å². The summed E-state index contributed by atoms with van der Waals surface area (Å²) in [4.78, 5) is 29.3. The largest absolute Gasteiger partial charge is 0.463 e. The predicted octanol–water partition coefficient (Wildman–Crippen LogP) is 5.09. The highest BCUT2D eigenvalue weighted by Gasteiger charge is 2.49. The van der Waals surface area contributed by atoms with Crippen LogP contribution >= 0.6 is 11.6 Å². The van der Waals surface area contributed by atoms with Crippen molar-refractivity contribution in [3.63, 3.8) is 0 Å². The second-order valence-electron chi connectivity index (χ2n) is 8.76. The summed E-state index contributed by atoms with van der Waals surface area (Å²) in [6.45, 7) is 4.32. The van der Waals surface area contributed by atoms with Gasteiger partial charge in [0.25, 0.3) is 5.91 Å². The first kappa shape index (κ1) is 22.9. The monoisotopic (exact) mass is 488 g/mol. The summed E-state index contributed by atoms with van der Waals surface area (Å²) in [5.41, 5.74) is 2.36. The van der Waals surface area contributed by atoms with Crippen LogP contribution in [0, 0.1) is 0 Å². The lowest BCUT2D eigenvalue weighted by atomic mass is 9.92. The third-order valence-corrected chi connectivity index (χ3v) is 6.65. The molecule has 2 aromatic heterocycles. The van der Waals surface area contributed by atoms with Crippen molar-refractivity contribution in [2.24, 2.45) is 0 Å². The highest BCUT2D eigenvalue weighted by molar-refractivity contribution is 6.30. The average Bonchev–Trinajstić information content (AvgIpc) is 3.54. The van der Waals surface area contributed by atoms with Crippen molar-refractivity contribution < 1.29 is 14.0 Å². The summed E-state index contributed by atoms with van der Waals surface area (Å²) in [5.74, 6) is 0.00750. The van der Waals surface area contributed by atoms with Gasteiger partial charge in [-0.3, -0.25) is 19.2 Å². The second kappa shape index (κ2) is 9.07. The molecule has 4 aromatic rings. The lowest BCUT2D eigenvalue weighted by Gasteiger charge is -2.43. The fourth-order valence-electron chi connectivity index (χ4n) is 4.51. The van der Waals surface area contributed by atoms with Crippen LogP contribution in [0.2, 0.25) is 5.02 Å². The summed E-state index contributed by atoms with van der Waals surface area (Å²) in [6.07, 6.45) is 2.28. The van der Waals surface area contributed by atoms with Gasteiger partial charge in [0.2, 0.25) is 5.91 Å². The van der Waals surface area contributed by atoms with Gasteiger partial charge in [0.15, 0.2) is 5.76 Å². The van der Waals surface area contributed by atoms with E-state index in [-0.39, 0.29) is 18.4 Å². The number of nitrogens with one attached hydrogen (secondary N) is 1. The number of furan rings is 1. The molecule has 1 aliphatic heterocycles. The van der Waals surface area contributed by atoms with Crippen LogP contribution < -0.4 is 10.2 Å². The highest BCUT2D eigenvalue weighted by Crippen LogP contribution is 2.36. The Morgan fingerprint density at radius 2 is 1.91 bits per heavy atom. The van der Waals surface area contributed by atoms with Crippen molar-refractivity contribution in [2.45, 2.75) is 38.9 Å². The van der Waals surface area contributed by atoms with E-state index in [9.17, 15) is 9.59 Å². The smallest absolute Gasteiger partial charge is 0.277 e. The Morgan fingerprint density at radius 3 is 2.63 bits per heavy atom. The van der Waals surface area contributed by atoms with E-state index in [2.05, 4.69) is 10.4 Å². The molecule has 7 nitrogen and oxygen atoms in total. The van der Waals surface area contributed by atoms with Gasteiger partial charge in [-0.25, -0.2) is 0 Å². The van der Waals surface area contributed by atoms with Crippen LogP contribution in [-0.2, 0) is 24.3 Å². The zero-order chi connectivity index (χ0) is 24.6. The van der Waals surface area contributed by atoms with Gasteiger partial charge in [0.05, 0.1) is 12.8 Å². The molecular weight excluding hydrogens is 464 g/mol. The van der Waals surface area contributed by atoms with E-state index in [0.717, 1.165) is 23.2 Å². The predicted molar refractivity (Wildman–Crippen MR) is 134 cm³/mol.